The highest BCUT2D eigenvalue weighted by atomic mass is 32.1. The molecule has 0 radical (unpaired) electrons. The van der Waals surface area contributed by atoms with Crippen molar-refractivity contribution in [3.05, 3.63) is 17.8 Å². The second-order valence-electron chi connectivity index (χ2n) is 3.70. The third-order valence-corrected chi connectivity index (χ3v) is 3.06. The topological polar surface area (TPSA) is 66.3 Å². The Bertz CT molecular complexity index is 599. The quantitative estimate of drug-likeness (QED) is 0.935. The summed E-state index contributed by atoms with van der Waals surface area (Å²) in [5.41, 5.74) is 0. The average molecular weight is 291 g/mol. The summed E-state index contributed by atoms with van der Waals surface area (Å²) in [6.07, 6.45) is -3.39. The minimum Gasteiger partial charge on any atom is -0.480 e. The number of aromatic nitrogens is 2. The molecular weight excluding hydrogens is 283 g/mol. The fraction of sp³-hybridized carbons (Fsp3) is 0.300. The molecule has 0 unspecified atom stereocenters. The normalized spacial score (nSPS) is 11.7. The lowest BCUT2D eigenvalue weighted by Gasteiger charge is -2.23. The Balaban J connectivity index is 2.42. The van der Waals surface area contributed by atoms with Gasteiger partial charge in [0.15, 0.2) is 0 Å². The van der Waals surface area contributed by atoms with Crippen molar-refractivity contribution in [1.82, 2.24) is 9.97 Å². The largest absolute Gasteiger partial charge is 0.480 e. The number of alkyl halides is 3. The summed E-state index contributed by atoms with van der Waals surface area (Å²) in [7, 11) is 0. The first-order chi connectivity index (χ1) is 8.87. The minimum absolute atomic E-state index is 0.0222. The molecule has 1 N–H and O–H groups in total. The molecule has 0 bridgehead atoms. The van der Waals surface area contributed by atoms with Crippen LogP contribution in [0.15, 0.2) is 17.8 Å². The Kier molecular flexibility index (Phi) is 3.56. The Labute approximate surface area is 109 Å². The number of rotatable bonds is 4. The van der Waals surface area contributed by atoms with Gasteiger partial charge in [0.25, 0.3) is 0 Å². The van der Waals surface area contributed by atoms with Gasteiger partial charge in [0, 0.05) is 0 Å². The lowest BCUT2D eigenvalue weighted by molar-refractivity contribution is -0.136. The van der Waals surface area contributed by atoms with Gasteiger partial charge in [-0.25, -0.2) is 9.97 Å². The molecule has 2 aromatic rings. The van der Waals surface area contributed by atoms with Crippen LogP contribution in [0.3, 0.4) is 0 Å². The fourth-order valence-electron chi connectivity index (χ4n) is 1.61. The van der Waals surface area contributed by atoms with E-state index in [0.29, 0.717) is 15.1 Å². The highest BCUT2D eigenvalue weighted by molar-refractivity contribution is 7.16. The van der Waals surface area contributed by atoms with E-state index in [9.17, 15) is 18.0 Å². The van der Waals surface area contributed by atoms with Gasteiger partial charge < -0.3 is 10.0 Å². The van der Waals surface area contributed by atoms with Gasteiger partial charge in [-0.3, -0.25) is 4.79 Å². The standard InChI is InChI=1S/C10H8F3N3O2S/c11-10(12,13)4-16(3-7(17)18)8-6-1-2-19-9(6)15-5-14-8/h1-2,5H,3-4H2,(H,17,18). The van der Waals surface area contributed by atoms with E-state index < -0.39 is 25.2 Å². The van der Waals surface area contributed by atoms with Crippen molar-refractivity contribution < 1.29 is 23.1 Å². The molecule has 2 heterocycles. The van der Waals surface area contributed by atoms with Crippen molar-refractivity contribution in [2.24, 2.45) is 0 Å². The maximum Gasteiger partial charge on any atom is 0.405 e. The molecule has 0 fully saturated rings. The van der Waals surface area contributed by atoms with E-state index in [2.05, 4.69) is 9.97 Å². The monoisotopic (exact) mass is 291 g/mol. The van der Waals surface area contributed by atoms with E-state index in [-0.39, 0.29) is 5.82 Å². The van der Waals surface area contributed by atoms with Crippen molar-refractivity contribution in [3.63, 3.8) is 0 Å². The molecule has 5 nitrogen and oxygen atoms in total. The lowest BCUT2D eigenvalue weighted by atomic mass is 10.3. The van der Waals surface area contributed by atoms with Crippen LogP contribution in [-0.4, -0.2) is 40.3 Å². The van der Waals surface area contributed by atoms with Crippen molar-refractivity contribution in [3.8, 4) is 0 Å². The fourth-order valence-corrected chi connectivity index (χ4v) is 2.34. The maximum atomic E-state index is 12.5. The second kappa shape index (κ2) is 5.00. The molecular formula is C10H8F3N3O2S. The molecule has 0 aliphatic carbocycles. The number of halogens is 3. The van der Waals surface area contributed by atoms with E-state index in [1.807, 2.05) is 0 Å². The zero-order valence-electron chi connectivity index (χ0n) is 9.39. The molecule has 9 heteroatoms. The number of aliphatic carboxylic acids is 1. The zero-order valence-corrected chi connectivity index (χ0v) is 10.2. The first kappa shape index (κ1) is 13.5. The number of carbonyl (C=O) groups is 1. The van der Waals surface area contributed by atoms with Crippen molar-refractivity contribution in [1.29, 1.82) is 0 Å². The minimum atomic E-state index is -4.51. The highest BCUT2D eigenvalue weighted by Gasteiger charge is 2.33. The third-order valence-electron chi connectivity index (χ3n) is 2.24. The van der Waals surface area contributed by atoms with Crippen LogP contribution in [0.5, 0.6) is 0 Å². The van der Waals surface area contributed by atoms with Gasteiger partial charge in [-0.05, 0) is 11.4 Å². The summed E-state index contributed by atoms with van der Waals surface area (Å²) in [6, 6.07) is 1.57. The highest BCUT2D eigenvalue weighted by Crippen LogP contribution is 2.28. The Morgan fingerprint density at radius 3 is 2.79 bits per heavy atom. The van der Waals surface area contributed by atoms with Crippen LogP contribution < -0.4 is 4.90 Å². The summed E-state index contributed by atoms with van der Waals surface area (Å²) in [5.74, 6) is -1.38. The van der Waals surface area contributed by atoms with Gasteiger partial charge in [-0.1, -0.05) is 0 Å². The van der Waals surface area contributed by atoms with Gasteiger partial charge in [0.05, 0.1) is 5.39 Å². The van der Waals surface area contributed by atoms with Crippen LogP contribution in [0.2, 0.25) is 0 Å². The van der Waals surface area contributed by atoms with Gasteiger partial charge in [-0.15, -0.1) is 11.3 Å². The predicted octanol–water partition coefficient (Wildman–Crippen LogP) is 2.14. The van der Waals surface area contributed by atoms with Crippen molar-refractivity contribution >= 4 is 33.3 Å². The van der Waals surface area contributed by atoms with Crippen LogP contribution >= 0.6 is 11.3 Å². The summed E-state index contributed by atoms with van der Waals surface area (Å²) in [5, 5.41) is 10.8. The van der Waals surface area contributed by atoms with Crippen molar-refractivity contribution in [2.75, 3.05) is 18.0 Å². The molecule has 2 aromatic heterocycles. The summed E-state index contributed by atoms with van der Waals surface area (Å²) in [4.78, 5) is 19.6. The molecule has 2 rings (SSSR count). The van der Waals surface area contributed by atoms with Crippen LogP contribution in [0.4, 0.5) is 19.0 Å². The molecule has 102 valence electrons. The van der Waals surface area contributed by atoms with Gasteiger partial charge in [-0.2, -0.15) is 13.2 Å². The molecule has 0 spiro atoms. The average Bonchev–Trinajstić information content (AvgIpc) is 2.72. The molecule has 0 aliphatic rings. The Hall–Kier alpha value is -1.90. The first-order valence-electron chi connectivity index (χ1n) is 5.08. The molecule has 19 heavy (non-hydrogen) atoms. The number of carboxylic acids is 1. The molecule has 0 saturated heterocycles. The second-order valence-corrected chi connectivity index (χ2v) is 4.60. The van der Waals surface area contributed by atoms with Gasteiger partial charge in [0.2, 0.25) is 0 Å². The number of hydrogen-bond donors (Lipinski definition) is 1. The van der Waals surface area contributed by atoms with Crippen LogP contribution in [0.1, 0.15) is 0 Å². The van der Waals surface area contributed by atoms with Gasteiger partial charge in [0.1, 0.15) is 30.1 Å². The van der Waals surface area contributed by atoms with Crippen LogP contribution in [0, 0.1) is 0 Å². The van der Waals surface area contributed by atoms with E-state index in [1.165, 1.54) is 11.3 Å². The summed E-state index contributed by atoms with van der Waals surface area (Å²) in [6.45, 7) is -2.15. The van der Waals surface area contributed by atoms with Crippen LogP contribution in [0.25, 0.3) is 10.2 Å². The molecule has 0 atom stereocenters. The Morgan fingerprint density at radius 1 is 1.42 bits per heavy atom. The number of hydrogen-bond acceptors (Lipinski definition) is 5. The van der Waals surface area contributed by atoms with Crippen LogP contribution in [-0.2, 0) is 4.79 Å². The lowest BCUT2D eigenvalue weighted by Crippen LogP contribution is -2.38. The smallest absolute Gasteiger partial charge is 0.405 e. The predicted molar refractivity (Wildman–Crippen MR) is 63.3 cm³/mol. The van der Waals surface area contributed by atoms with Crippen molar-refractivity contribution in [2.45, 2.75) is 6.18 Å². The number of anilines is 1. The molecule has 0 aromatic carbocycles. The third kappa shape index (κ3) is 3.31. The molecule has 0 amide bonds. The molecule has 0 saturated carbocycles. The van der Waals surface area contributed by atoms with E-state index >= 15 is 0 Å². The summed E-state index contributed by atoms with van der Waals surface area (Å²) < 4.78 is 37.5. The maximum absolute atomic E-state index is 12.5. The van der Waals surface area contributed by atoms with E-state index in [1.54, 1.807) is 11.4 Å². The molecule has 0 aliphatic heterocycles. The number of fused-ring (bicyclic) bond motifs is 1. The number of carboxylic acid groups (broad SMARTS) is 1. The van der Waals surface area contributed by atoms with E-state index in [4.69, 9.17) is 5.11 Å². The zero-order chi connectivity index (χ0) is 14.0. The van der Waals surface area contributed by atoms with Gasteiger partial charge >= 0.3 is 12.1 Å². The number of nitrogens with zero attached hydrogens (tertiary/aromatic N) is 3. The SMILES string of the molecule is O=C(O)CN(CC(F)(F)F)c1ncnc2sccc12. The van der Waals surface area contributed by atoms with E-state index in [0.717, 1.165) is 6.33 Å². The number of thiophene rings is 1. The first-order valence-corrected chi connectivity index (χ1v) is 5.96. The Morgan fingerprint density at radius 2 is 2.16 bits per heavy atom. The summed E-state index contributed by atoms with van der Waals surface area (Å²) >= 11 is 1.25.